The highest BCUT2D eigenvalue weighted by atomic mass is 19.1. The predicted octanol–water partition coefficient (Wildman–Crippen LogP) is 3.29. The zero-order valence-corrected chi connectivity index (χ0v) is 15.8. The number of urea groups is 1. The highest BCUT2D eigenvalue weighted by molar-refractivity contribution is 5.92. The maximum Gasteiger partial charge on any atom is 0.335 e. The molecule has 6 nitrogen and oxygen atoms in total. The third-order valence-electron chi connectivity index (χ3n) is 5.00. The van der Waals surface area contributed by atoms with Gasteiger partial charge in [-0.15, -0.1) is 0 Å². The summed E-state index contributed by atoms with van der Waals surface area (Å²) in [5, 5.41) is 9.05. The molecule has 1 saturated heterocycles. The summed E-state index contributed by atoms with van der Waals surface area (Å²) < 4.78 is 13.4. The quantitative estimate of drug-likeness (QED) is 0.858. The Morgan fingerprint density at radius 3 is 2.14 bits per heavy atom. The second-order valence-electron chi connectivity index (χ2n) is 6.77. The first-order chi connectivity index (χ1) is 13.5. The van der Waals surface area contributed by atoms with Crippen LogP contribution in [0.25, 0.3) is 0 Å². The highest BCUT2D eigenvalue weighted by Crippen LogP contribution is 2.21. The number of anilines is 1. The molecule has 1 N–H and O–H groups in total. The Labute approximate surface area is 163 Å². The maximum atomic E-state index is 13.4. The van der Waals surface area contributed by atoms with Gasteiger partial charge in [0.15, 0.2) is 0 Å². The van der Waals surface area contributed by atoms with Crippen LogP contribution in [-0.2, 0) is 6.54 Å². The summed E-state index contributed by atoms with van der Waals surface area (Å²) in [4.78, 5) is 29.9. The SMILES string of the molecule is CCN1CCN(C(=O)N(Cc2ccc(C(=O)O)cc2)c2ccc(F)cc2)CC1. The van der Waals surface area contributed by atoms with Crippen LogP contribution in [0.4, 0.5) is 14.9 Å². The minimum atomic E-state index is -0.994. The van der Waals surface area contributed by atoms with Gasteiger partial charge in [-0.1, -0.05) is 19.1 Å². The molecule has 0 bridgehead atoms. The number of carbonyl (C=O) groups excluding carboxylic acids is 1. The molecule has 148 valence electrons. The van der Waals surface area contributed by atoms with E-state index < -0.39 is 5.97 Å². The Morgan fingerprint density at radius 2 is 1.61 bits per heavy atom. The minimum Gasteiger partial charge on any atom is -0.478 e. The van der Waals surface area contributed by atoms with Crippen LogP contribution < -0.4 is 4.90 Å². The standard InChI is InChI=1S/C21H24FN3O3/c1-2-23-11-13-24(14-12-23)21(28)25(19-9-7-18(22)8-10-19)15-16-3-5-17(6-4-16)20(26)27/h3-10H,2,11-15H2,1H3,(H,26,27). The lowest BCUT2D eigenvalue weighted by Gasteiger charge is -2.37. The normalized spacial score (nSPS) is 14.7. The molecular formula is C21H24FN3O3. The van der Waals surface area contributed by atoms with Crippen molar-refractivity contribution in [3.8, 4) is 0 Å². The number of rotatable bonds is 5. The number of benzene rings is 2. The molecule has 7 heteroatoms. The number of hydrogen-bond donors (Lipinski definition) is 1. The van der Waals surface area contributed by atoms with Gasteiger partial charge in [0.2, 0.25) is 0 Å². The van der Waals surface area contributed by atoms with Crippen molar-refractivity contribution >= 4 is 17.7 Å². The number of halogens is 1. The van der Waals surface area contributed by atoms with E-state index in [0.29, 0.717) is 18.8 Å². The molecule has 1 aliphatic heterocycles. The smallest absolute Gasteiger partial charge is 0.335 e. The summed E-state index contributed by atoms with van der Waals surface area (Å²) in [6, 6.07) is 12.1. The number of likely N-dealkylation sites (N-methyl/N-ethyl adjacent to an activating group) is 1. The zero-order valence-electron chi connectivity index (χ0n) is 15.8. The van der Waals surface area contributed by atoms with Gasteiger partial charge in [-0.3, -0.25) is 4.90 Å². The predicted molar refractivity (Wildman–Crippen MR) is 105 cm³/mol. The number of piperazine rings is 1. The van der Waals surface area contributed by atoms with Crippen LogP contribution in [0.15, 0.2) is 48.5 Å². The van der Waals surface area contributed by atoms with Crippen molar-refractivity contribution < 1.29 is 19.1 Å². The lowest BCUT2D eigenvalue weighted by Crippen LogP contribution is -2.52. The number of nitrogens with zero attached hydrogens (tertiary/aromatic N) is 3. The van der Waals surface area contributed by atoms with Gasteiger partial charge in [0, 0.05) is 31.9 Å². The van der Waals surface area contributed by atoms with Crippen molar-refractivity contribution in [3.05, 3.63) is 65.5 Å². The van der Waals surface area contributed by atoms with E-state index in [1.54, 1.807) is 34.1 Å². The molecular weight excluding hydrogens is 361 g/mol. The Kier molecular flexibility index (Phi) is 6.26. The Morgan fingerprint density at radius 1 is 1.00 bits per heavy atom. The number of carboxylic acids is 1. The minimum absolute atomic E-state index is 0.135. The molecule has 1 fully saturated rings. The van der Waals surface area contributed by atoms with E-state index >= 15 is 0 Å². The summed E-state index contributed by atoms with van der Waals surface area (Å²) in [5.74, 6) is -1.36. The summed E-state index contributed by atoms with van der Waals surface area (Å²) in [7, 11) is 0. The summed E-state index contributed by atoms with van der Waals surface area (Å²) >= 11 is 0. The van der Waals surface area contributed by atoms with Gasteiger partial charge in [-0.2, -0.15) is 0 Å². The molecule has 0 atom stereocenters. The third-order valence-corrected chi connectivity index (χ3v) is 5.00. The van der Waals surface area contributed by atoms with Crippen LogP contribution >= 0.6 is 0 Å². The Bertz CT molecular complexity index is 816. The molecule has 2 aromatic carbocycles. The Hall–Kier alpha value is -2.93. The van der Waals surface area contributed by atoms with Gasteiger partial charge in [0.1, 0.15) is 5.82 Å². The van der Waals surface area contributed by atoms with Crippen molar-refractivity contribution in [2.45, 2.75) is 13.5 Å². The Balaban J connectivity index is 1.81. The molecule has 3 rings (SSSR count). The first kappa shape index (κ1) is 19.8. The maximum absolute atomic E-state index is 13.4. The van der Waals surface area contributed by atoms with Crippen molar-refractivity contribution in [1.82, 2.24) is 9.80 Å². The average Bonchev–Trinajstić information content (AvgIpc) is 2.72. The number of carboxylic acid groups (broad SMARTS) is 1. The number of carbonyl (C=O) groups is 2. The van der Waals surface area contributed by atoms with E-state index in [4.69, 9.17) is 5.11 Å². The molecule has 1 heterocycles. The van der Waals surface area contributed by atoms with E-state index in [1.165, 1.54) is 24.3 Å². The molecule has 0 radical (unpaired) electrons. The second kappa shape index (κ2) is 8.84. The summed E-state index contributed by atoms with van der Waals surface area (Å²) in [6.07, 6.45) is 0. The van der Waals surface area contributed by atoms with Crippen molar-refractivity contribution in [2.75, 3.05) is 37.6 Å². The molecule has 2 amide bonds. The van der Waals surface area contributed by atoms with Crippen LogP contribution in [0.1, 0.15) is 22.8 Å². The summed E-state index contributed by atoms with van der Waals surface area (Å²) in [6.45, 7) is 6.27. The molecule has 0 aromatic heterocycles. The van der Waals surface area contributed by atoms with Crippen LogP contribution in [0.3, 0.4) is 0 Å². The van der Waals surface area contributed by atoms with E-state index in [1.807, 2.05) is 0 Å². The number of amides is 2. The molecule has 2 aromatic rings. The van der Waals surface area contributed by atoms with Gasteiger partial charge in [-0.05, 0) is 48.5 Å². The molecule has 0 unspecified atom stereocenters. The molecule has 0 spiro atoms. The number of aromatic carboxylic acids is 1. The first-order valence-corrected chi connectivity index (χ1v) is 9.34. The third kappa shape index (κ3) is 4.67. The van der Waals surface area contributed by atoms with Crippen LogP contribution in [-0.4, -0.2) is 59.6 Å². The fourth-order valence-electron chi connectivity index (χ4n) is 3.25. The average molecular weight is 385 g/mol. The van der Waals surface area contributed by atoms with Crippen LogP contribution in [0.5, 0.6) is 0 Å². The van der Waals surface area contributed by atoms with Crippen LogP contribution in [0, 0.1) is 5.82 Å². The topological polar surface area (TPSA) is 64.1 Å². The van der Waals surface area contributed by atoms with Crippen molar-refractivity contribution in [3.63, 3.8) is 0 Å². The van der Waals surface area contributed by atoms with Crippen LogP contribution in [0.2, 0.25) is 0 Å². The molecule has 0 aliphatic carbocycles. The van der Waals surface area contributed by atoms with Gasteiger partial charge in [0.05, 0.1) is 12.1 Å². The number of hydrogen-bond acceptors (Lipinski definition) is 3. The van der Waals surface area contributed by atoms with Crippen molar-refractivity contribution in [2.24, 2.45) is 0 Å². The first-order valence-electron chi connectivity index (χ1n) is 9.34. The largest absolute Gasteiger partial charge is 0.478 e. The monoisotopic (exact) mass is 385 g/mol. The molecule has 28 heavy (non-hydrogen) atoms. The van der Waals surface area contributed by atoms with E-state index in [-0.39, 0.29) is 24.0 Å². The second-order valence-corrected chi connectivity index (χ2v) is 6.77. The van der Waals surface area contributed by atoms with Gasteiger partial charge in [0.25, 0.3) is 0 Å². The van der Waals surface area contributed by atoms with E-state index in [9.17, 15) is 14.0 Å². The summed E-state index contributed by atoms with van der Waals surface area (Å²) in [5.41, 5.74) is 1.60. The van der Waals surface area contributed by atoms with Gasteiger partial charge < -0.3 is 14.9 Å². The van der Waals surface area contributed by atoms with Gasteiger partial charge >= 0.3 is 12.0 Å². The fourth-order valence-corrected chi connectivity index (χ4v) is 3.25. The zero-order chi connectivity index (χ0) is 20.1. The van der Waals surface area contributed by atoms with E-state index in [0.717, 1.165) is 25.2 Å². The van der Waals surface area contributed by atoms with Gasteiger partial charge in [-0.25, -0.2) is 14.0 Å². The lowest BCUT2D eigenvalue weighted by molar-refractivity contribution is 0.0697. The highest BCUT2D eigenvalue weighted by Gasteiger charge is 2.26. The fraction of sp³-hybridized carbons (Fsp3) is 0.333. The van der Waals surface area contributed by atoms with Crippen molar-refractivity contribution in [1.29, 1.82) is 0 Å². The lowest BCUT2D eigenvalue weighted by atomic mass is 10.1. The molecule has 0 saturated carbocycles. The van der Waals surface area contributed by atoms with E-state index in [2.05, 4.69) is 11.8 Å². The molecule has 1 aliphatic rings.